The fraction of sp³-hybridized carbons (Fsp3) is 0.250. The Hall–Kier alpha value is -2.51. The highest BCUT2D eigenvalue weighted by molar-refractivity contribution is 5.62. The number of nitro benzene ring substituents is 1. The van der Waals surface area contributed by atoms with Crippen molar-refractivity contribution in [3.63, 3.8) is 0 Å². The maximum atomic E-state index is 13.4. The van der Waals surface area contributed by atoms with Crippen molar-refractivity contribution in [3.05, 3.63) is 51.2 Å². The maximum absolute atomic E-state index is 13.4. The van der Waals surface area contributed by atoms with Crippen LogP contribution in [0.4, 0.5) is 20.2 Å². The van der Waals surface area contributed by atoms with Gasteiger partial charge in [0.2, 0.25) is 11.7 Å². The SMILES string of the molecule is Cc1nc(CNc2cc(F)cc(F)c2[N+](=O)[O-])oc1C. The Balaban J connectivity index is 2.26. The molecule has 106 valence electrons. The number of aryl methyl sites for hydroxylation is 2. The molecule has 0 saturated heterocycles. The van der Waals surface area contributed by atoms with Crippen molar-refractivity contribution in [2.45, 2.75) is 20.4 Å². The summed E-state index contributed by atoms with van der Waals surface area (Å²) in [5.74, 6) is -1.26. The average molecular weight is 283 g/mol. The molecule has 0 aliphatic carbocycles. The number of halogens is 2. The Morgan fingerprint density at radius 3 is 2.65 bits per heavy atom. The zero-order valence-electron chi connectivity index (χ0n) is 10.7. The van der Waals surface area contributed by atoms with Gasteiger partial charge in [0.05, 0.1) is 17.2 Å². The van der Waals surface area contributed by atoms with Crippen molar-refractivity contribution < 1.29 is 18.1 Å². The molecular formula is C12H11F2N3O3. The van der Waals surface area contributed by atoms with Gasteiger partial charge in [0.15, 0.2) is 0 Å². The van der Waals surface area contributed by atoms with Gasteiger partial charge in [0.25, 0.3) is 0 Å². The van der Waals surface area contributed by atoms with Gasteiger partial charge >= 0.3 is 5.69 Å². The van der Waals surface area contributed by atoms with Gasteiger partial charge in [0.1, 0.15) is 17.3 Å². The van der Waals surface area contributed by atoms with Crippen molar-refractivity contribution in [2.75, 3.05) is 5.32 Å². The first-order valence-corrected chi connectivity index (χ1v) is 5.68. The van der Waals surface area contributed by atoms with Crippen LogP contribution in [-0.2, 0) is 6.54 Å². The molecule has 1 heterocycles. The lowest BCUT2D eigenvalue weighted by atomic mass is 10.2. The molecule has 6 nitrogen and oxygen atoms in total. The van der Waals surface area contributed by atoms with Crippen LogP contribution in [0.2, 0.25) is 0 Å². The van der Waals surface area contributed by atoms with Gasteiger partial charge < -0.3 is 9.73 Å². The number of anilines is 1. The van der Waals surface area contributed by atoms with E-state index in [2.05, 4.69) is 10.3 Å². The van der Waals surface area contributed by atoms with E-state index >= 15 is 0 Å². The molecule has 0 atom stereocenters. The first kappa shape index (κ1) is 13.9. The molecule has 20 heavy (non-hydrogen) atoms. The summed E-state index contributed by atoms with van der Waals surface area (Å²) in [6, 6.07) is 1.31. The van der Waals surface area contributed by atoms with Crippen LogP contribution in [0.3, 0.4) is 0 Å². The van der Waals surface area contributed by atoms with Crippen molar-refractivity contribution >= 4 is 11.4 Å². The molecule has 0 fully saturated rings. The summed E-state index contributed by atoms with van der Waals surface area (Å²) in [4.78, 5) is 13.9. The Labute approximate surface area is 112 Å². The number of hydrogen-bond donors (Lipinski definition) is 1. The molecule has 0 radical (unpaired) electrons. The Morgan fingerprint density at radius 1 is 1.40 bits per heavy atom. The second-order valence-corrected chi connectivity index (χ2v) is 4.14. The molecule has 0 aliphatic rings. The van der Waals surface area contributed by atoms with E-state index in [-0.39, 0.29) is 18.1 Å². The van der Waals surface area contributed by atoms with E-state index in [4.69, 9.17) is 4.42 Å². The average Bonchev–Trinajstić information content (AvgIpc) is 2.64. The van der Waals surface area contributed by atoms with Gasteiger partial charge in [-0.25, -0.2) is 9.37 Å². The molecule has 2 aromatic rings. The van der Waals surface area contributed by atoms with E-state index < -0.39 is 22.2 Å². The van der Waals surface area contributed by atoms with E-state index in [0.717, 1.165) is 6.07 Å². The number of nitro groups is 1. The number of rotatable bonds is 4. The van der Waals surface area contributed by atoms with Crippen LogP contribution in [0.5, 0.6) is 0 Å². The van der Waals surface area contributed by atoms with Crippen LogP contribution in [0.15, 0.2) is 16.5 Å². The van der Waals surface area contributed by atoms with E-state index in [1.807, 2.05) is 0 Å². The van der Waals surface area contributed by atoms with Crippen molar-refractivity contribution in [1.29, 1.82) is 0 Å². The minimum atomic E-state index is -1.24. The van der Waals surface area contributed by atoms with Crippen LogP contribution >= 0.6 is 0 Å². The Kier molecular flexibility index (Phi) is 3.64. The Morgan fingerprint density at radius 2 is 2.10 bits per heavy atom. The summed E-state index contributed by atoms with van der Waals surface area (Å²) in [7, 11) is 0. The molecular weight excluding hydrogens is 272 g/mol. The van der Waals surface area contributed by atoms with Crippen LogP contribution < -0.4 is 5.32 Å². The third kappa shape index (κ3) is 2.73. The third-order valence-corrected chi connectivity index (χ3v) is 2.71. The van der Waals surface area contributed by atoms with Crippen LogP contribution in [0, 0.1) is 35.6 Å². The Bertz CT molecular complexity index is 651. The molecule has 1 N–H and O–H groups in total. The fourth-order valence-electron chi connectivity index (χ4n) is 1.67. The summed E-state index contributed by atoms with van der Waals surface area (Å²) in [6.07, 6.45) is 0. The van der Waals surface area contributed by atoms with Gasteiger partial charge in [-0.05, 0) is 13.8 Å². The van der Waals surface area contributed by atoms with Gasteiger partial charge in [0, 0.05) is 12.1 Å². The van der Waals surface area contributed by atoms with Crippen molar-refractivity contribution in [2.24, 2.45) is 0 Å². The van der Waals surface area contributed by atoms with Crippen LogP contribution in [0.1, 0.15) is 17.3 Å². The van der Waals surface area contributed by atoms with Crippen LogP contribution in [0.25, 0.3) is 0 Å². The molecule has 1 aromatic heterocycles. The molecule has 0 spiro atoms. The highest BCUT2D eigenvalue weighted by Gasteiger charge is 2.22. The number of aromatic nitrogens is 1. The van der Waals surface area contributed by atoms with Crippen molar-refractivity contribution in [1.82, 2.24) is 4.98 Å². The number of oxazole rings is 1. The van der Waals surface area contributed by atoms with E-state index in [0.29, 0.717) is 17.5 Å². The van der Waals surface area contributed by atoms with Gasteiger partial charge in [-0.15, -0.1) is 0 Å². The fourth-order valence-corrected chi connectivity index (χ4v) is 1.67. The second kappa shape index (κ2) is 5.24. The topological polar surface area (TPSA) is 81.2 Å². The minimum absolute atomic E-state index is 0.0155. The lowest BCUT2D eigenvalue weighted by molar-refractivity contribution is -0.386. The monoisotopic (exact) mass is 283 g/mol. The van der Waals surface area contributed by atoms with Gasteiger partial charge in [-0.3, -0.25) is 10.1 Å². The van der Waals surface area contributed by atoms with E-state index in [1.54, 1.807) is 13.8 Å². The zero-order valence-corrected chi connectivity index (χ0v) is 10.7. The summed E-state index contributed by atoms with van der Waals surface area (Å²) in [5.41, 5.74) is -0.394. The standard InChI is InChI=1S/C12H11F2N3O3/c1-6-7(2)20-11(16-6)5-15-10-4-8(13)3-9(14)12(10)17(18)19/h3-4,15H,5H2,1-2H3. The third-order valence-electron chi connectivity index (χ3n) is 2.71. The summed E-state index contributed by atoms with van der Waals surface area (Å²) in [6.45, 7) is 3.45. The lowest BCUT2D eigenvalue weighted by Gasteiger charge is -2.05. The smallest absolute Gasteiger partial charge is 0.327 e. The molecule has 0 bridgehead atoms. The predicted octanol–water partition coefficient (Wildman–Crippen LogP) is 3.09. The summed E-state index contributed by atoms with van der Waals surface area (Å²) < 4.78 is 31.8. The number of benzene rings is 1. The lowest BCUT2D eigenvalue weighted by Crippen LogP contribution is -2.05. The van der Waals surface area contributed by atoms with Crippen LogP contribution in [-0.4, -0.2) is 9.91 Å². The van der Waals surface area contributed by atoms with Crippen molar-refractivity contribution in [3.8, 4) is 0 Å². The molecule has 1 aromatic carbocycles. The molecule has 0 amide bonds. The highest BCUT2D eigenvalue weighted by atomic mass is 19.1. The van der Waals surface area contributed by atoms with Gasteiger partial charge in [-0.2, -0.15) is 4.39 Å². The highest BCUT2D eigenvalue weighted by Crippen LogP contribution is 2.29. The van der Waals surface area contributed by atoms with E-state index in [1.165, 1.54) is 0 Å². The first-order chi connectivity index (χ1) is 9.38. The maximum Gasteiger partial charge on any atom is 0.327 e. The molecule has 0 saturated carbocycles. The number of nitrogens with one attached hydrogen (secondary N) is 1. The number of nitrogens with zero attached hydrogens (tertiary/aromatic N) is 2. The molecule has 8 heteroatoms. The summed E-state index contributed by atoms with van der Waals surface area (Å²) in [5, 5.41) is 13.3. The largest absolute Gasteiger partial charge is 0.444 e. The van der Waals surface area contributed by atoms with E-state index in [9.17, 15) is 18.9 Å². The summed E-state index contributed by atoms with van der Waals surface area (Å²) >= 11 is 0. The predicted molar refractivity (Wildman–Crippen MR) is 66.3 cm³/mol. The first-order valence-electron chi connectivity index (χ1n) is 5.68. The molecule has 0 unspecified atom stereocenters. The zero-order chi connectivity index (χ0) is 14.9. The minimum Gasteiger partial charge on any atom is -0.444 e. The molecule has 0 aliphatic heterocycles. The molecule has 2 rings (SSSR count). The van der Waals surface area contributed by atoms with Gasteiger partial charge in [-0.1, -0.05) is 0 Å². The normalized spacial score (nSPS) is 10.6. The second-order valence-electron chi connectivity index (χ2n) is 4.14. The number of hydrogen-bond acceptors (Lipinski definition) is 5. The quantitative estimate of drug-likeness (QED) is 0.688.